The van der Waals surface area contributed by atoms with Crippen molar-refractivity contribution < 1.29 is 4.79 Å². The Morgan fingerprint density at radius 2 is 2.12 bits per heavy atom. The quantitative estimate of drug-likeness (QED) is 0.739. The number of nitrogens with one attached hydrogen (secondary N) is 2. The fourth-order valence-corrected chi connectivity index (χ4v) is 1.71. The summed E-state index contributed by atoms with van der Waals surface area (Å²) in [6, 6.07) is 7.93. The Bertz CT molecular complexity index is 386. The molecule has 0 spiro atoms. The van der Waals surface area contributed by atoms with E-state index in [1.165, 1.54) is 12.8 Å². The Hall–Kier alpha value is -1.51. The van der Waals surface area contributed by atoms with Crippen LogP contribution in [0.1, 0.15) is 32.6 Å². The summed E-state index contributed by atoms with van der Waals surface area (Å²) in [5, 5.41) is 6.31. The molecular weight excluding hydrogens is 212 g/mol. The molecule has 3 heteroatoms. The molecule has 0 heterocycles. The normalized spacial score (nSPS) is 14.4. The Morgan fingerprint density at radius 1 is 1.35 bits per heavy atom. The van der Waals surface area contributed by atoms with Crippen molar-refractivity contribution in [1.82, 2.24) is 0 Å². The standard InChI is InChI=1S/C14H20N2O/c1-2-3-9-15-12-5-4-6-13(10-12)16-14(17)11-7-8-11/h4-6,10-11,15H,2-3,7-9H2,1H3,(H,16,17). The van der Waals surface area contributed by atoms with E-state index in [9.17, 15) is 4.79 Å². The summed E-state index contributed by atoms with van der Waals surface area (Å²) < 4.78 is 0. The van der Waals surface area contributed by atoms with Crippen LogP contribution in [0, 0.1) is 5.92 Å². The highest BCUT2D eigenvalue weighted by atomic mass is 16.2. The van der Waals surface area contributed by atoms with E-state index in [1.54, 1.807) is 0 Å². The van der Waals surface area contributed by atoms with Gasteiger partial charge in [0.25, 0.3) is 0 Å². The molecule has 1 saturated carbocycles. The van der Waals surface area contributed by atoms with Crippen LogP contribution in [0.4, 0.5) is 11.4 Å². The van der Waals surface area contributed by atoms with Gasteiger partial charge in [0.1, 0.15) is 0 Å². The number of benzene rings is 1. The number of rotatable bonds is 6. The number of unbranched alkanes of at least 4 members (excludes halogenated alkanes) is 1. The average Bonchev–Trinajstić information content (AvgIpc) is 3.14. The zero-order chi connectivity index (χ0) is 12.1. The summed E-state index contributed by atoms with van der Waals surface area (Å²) in [6.45, 7) is 3.16. The first-order chi connectivity index (χ1) is 8.29. The van der Waals surface area contributed by atoms with E-state index in [0.717, 1.165) is 30.8 Å². The minimum Gasteiger partial charge on any atom is -0.385 e. The molecule has 0 bridgehead atoms. The number of amides is 1. The molecule has 0 radical (unpaired) electrons. The molecule has 0 saturated heterocycles. The number of hydrogen-bond donors (Lipinski definition) is 2. The second-order valence-corrected chi connectivity index (χ2v) is 4.62. The lowest BCUT2D eigenvalue weighted by Gasteiger charge is -2.08. The van der Waals surface area contributed by atoms with Crippen LogP contribution >= 0.6 is 0 Å². The Balaban J connectivity index is 1.88. The van der Waals surface area contributed by atoms with Gasteiger partial charge in [-0.15, -0.1) is 0 Å². The summed E-state index contributed by atoms with van der Waals surface area (Å²) >= 11 is 0. The van der Waals surface area contributed by atoms with Crippen molar-refractivity contribution in [3.8, 4) is 0 Å². The van der Waals surface area contributed by atoms with Gasteiger partial charge in [0.2, 0.25) is 5.91 Å². The first-order valence-electron chi connectivity index (χ1n) is 6.44. The molecule has 0 unspecified atom stereocenters. The zero-order valence-corrected chi connectivity index (χ0v) is 10.3. The monoisotopic (exact) mass is 232 g/mol. The third-order valence-corrected chi connectivity index (χ3v) is 2.94. The molecule has 1 aromatic carbocycles. The van der Waals surface area contributed by atoms with E-state index in [2.05, 4.69) is 17.6 Å². The highest BCUT2D eigenvalue weighted by Gasteiger charge is 2.29. The van der Waals surface area contributed by atoms with Gasteiger partial charge in [-0.3, -0.25) is 4.79 Å². The summed E-state index contributed by atoms with van der Waals surface area (Å²) in [6.07, 6.45) is 4.43. The molecule has 1 aliphatic carbocycles. The topological polar surface area (TPSA) is 41.1 Å². The number of hydrogen-bond acceptors (Lipinski definition) is 2. The number of carbonyl (C=O) groups is 1. The SMILES string of the molecule is CCCCNc1cccc(NC(=O)C2CC2)c1. The van der Waals surface area contributed by atoms with Crippen LogP contribution in [0.5, 0.6) is 0 Å². The average molecular weight is 232 g/mol. The fraction of sp³-hybridized carbons (Fsp3) is 0.500. The van der Waals surface area contributed by atoms with Gasteiger partial charge in [0.15, 0.2) is 0 Å². The maximum atomic E-state index is 11.6. The van der Waals surface area contributed by atoms with Gasteiger partial charge in [0.05, 0.1) is 0 Å². The van der Waals surface area contributed by atoms with Gasteiger partial charge in [0, 0.05) is 23.8 Å². The van der Waals surface area contributed by atoms with Crippen molar-refractivity contribution in [3.05, 3.63) is 24.3 Å². The van der Waals surface area contributed by atoms with Gasteiger partial charge in [-0.1, -0.05) is 19.4 Å². The first kappa shape index (κ1) is 12.0. The van der Waals surface area contributed by atoms with Crippen LogP contribution in [-0.4, -0.2) is 12.5 Å². The van der Waals surface area contributed by atoms with E-state index in [4.69, 9.17) is 0 Å². The van der Waals surface area contributed by atoms with Crippen LogP contribution in [0.3, 0.4) is 0 Å². The third-order valence-electron chi connectivity index (χ3n) is 2.94. The van der Waals surface area contributed by atoms with Crippen LogP contribution in [-0.2, 0) is 4.79 Å². The highest BCUT2D eigenvalue weighted by molar-refractivity contribution is 5.94. The molecule has 1 aromatic rings. The van der Waals surface area contributed by atoms with Crippen LogP contribution in [0.15, 0.2) is 24.3 Å². The highest BCUT2D eigenvalue weighted by Crippen LogP contribution is 2.30. The van der Waals surface area contributed by atoms with Crippen LogP contribution < -0.4 is 10.6 Å². The van der Waals surface area contributed by atoms with Gasteiger partial charge >= 0.3 is 0 Å². The van der Waals surface area contributed by atoms with Gasteiger partial charge in [-0.25, -0.2) is 0 Å². The molecule has 0 atom stereocenters. The number of anilines is 2. The molecule has 17 heavy (non-hydrogen) atoms. The second-order valence-electron chi connectivity index (χ2n) is 4.62. The summed E-state index contributed by atoms with van der Waals surface area (Å²) in [4.78, 5) is 11.6. The smallest absolute Gasteiger partial charge is 0.227 e. The van der Waals surface area contributed by atoms with E-state index in [-0.39, 0.29) is 11.8 Å². The van der Waals surface area contributed by atoms with Crippen LogP contribution in [0.25, 0.3) is 0 Å². The molecule has 1 aliphatic rings. The molecule has 0 aliphatic heterocycles. The predicted octanol–water partition coefficient (Wildman–Crippen LogP) is 3.25. The Morgan fingerprint density at radius 3 is 2.82 bits per heavy atom. The minimum absolute atomic E-state index is 0.163. The summed E-state index contributed by atoms with van der Waals surface area (Å²) in [5.74, 6) is 0.419. The van der Waals surface area contributed by atoms with Crippen molar-refractivity contribution in [1.29, 1.82) is 0 Å². The molecular formula is C14H20N2O. The van der Waals surface area contributed by atoms with Gasteiger partial charge in [-0.2, -0.15) is 0 Å². The van der Waals surface area contributed by atoms with E-state index >= 15 is 0 Å². The molecule has 92 valence electrons. The fourth-order valence-electron chi connectivity index (χ4n) is 1.71. The molecule has 3 nitrogen and oxygen atoms in total. The van der Waals surface area contributed by atoms with Gasteiger partial charge < -0.3 is 10.6 Å². The number of carbonyl (C=O) groups excluding carboxylic acids is 1. The van der Waals surface area contributed by atoms with Crippen molar-refractivity contribution in [2.75, 3.05) is 17.2 Å². The largest absolute Gasteiger partial charge is 0.385 e. The first-order valence-corrected chi connectivity index (χ1v) is 6.44. The van der Waals surface area contributed by atoms with E-state index in [1.807, 2.05) is 24.3 Å². The Labute approximate surface area is 103 Å². The Kier molecular flexibility index (Phi) is 4.02. The van der Waals surface area contributed by atoms with E-state index < -0.39 is 0 Å². The molecule has 2 rings (SSSR count). The van der Waals surface area contributed by atoms with Crippen molar-refractivity contribution in [2.24, 2.45) is 5.92 Å². The lowest BCUT2D eigenvalue weighted by molar-refractivity contribution is -0.117. The third kappa shape index (κ3) is 3.77. The lowest BCUT2D eigenvalue weighted by Crippen LogP contribution is -2.13. The molecule has 1 amide bonds. The maximum Gasteiger partial charge on any atom is 0.227 e. The molecule has 0 aromatic heterocycles. The maximum absolute atomic E-state index is 11.6. The lowest BCUT2D eigenvalue weighted by atomic mass is 10.2. The minimum atomic E-state index is 0.163. The van der Waals surface area contributed by atoms with Crippen molar-refractivity contribution in [2.45, 2.75) is 32.6 Å². The summed E-state index contributed by atoms with van der Waals surface area (Å²) in [5.41, 5.74) is 1.97. The summed E-state index contributed by atoms with van der Waals surface area (Å²) in [7, 11) is 0. The predicted molar refractivity (Wildman–Crippen MR) is 71.2 cm³/mol. The van der Waals surface area contributed by atoms with Gasteiger partial charge in [-0.05, 0) is 37.5 Å². The van der Waals surface area contributed by atoms with E-state index in [0.29, 0.717) is 0 Å². The second kappa shape index (κ2) is 5.71. The molecule has 1 fully saturated rings. The zero-order valence-electron chi connectivity index (χ0n) is 10.3. The van der Waals surface area contributed by atoms with Crippen LogP contribution in [0.2, 0.25) is 0 Å². The molecule has 2 N–H and O–H groups in total. The van der Waals surface area contributed by atoms with Crippen molar-refractivity contribution >= 4 is 17.3 Å². The van der Waals surface area contributed by atoms with Crippen molar-refractivity contribution in [3.63, 3.8) is 0 Å².